The van der Waals surface area contributed by atoms with Crippen LogP contribution >= 0.6 is 0 Å². The Balaban J connectivity index is 1.68. The molecule has 1 aromatic rings. The monoisotopic (exact) mass is 374 g/mol. The van der Waals surface area contributed by atoms with Crippen molar-refractivity contribution >= 4 is 11.9 Å². The molecule has 0 bridgehead atoms. The van der Waals surface area contributed by atoms with E-state index in [4.69, 9.17) is 0 Å². The molecule has 1 fully saturated rings. The van der Waals surface area contributed by atoms with E-state index in [0.717, 1.165) is 18.5 Å². The SMILES string of the molecule is CC(C)NC(=O)NCc1ccc(C(=O)NCCCN2CCCC[C@@H]2C)cc1. The molecule has 0 spiro atoms. The van der Waals surface area contributed by atoms with Crippen molar-refractivity contribution in [3.63, 3.8) is 0 Å². The van der Waals surface area contributed by atoms with E-state index >= 15 is 0 Å². The van der Waals surface area contributed by atoms with Crippen molar-refractivity contribution in [2.24, 2.45) is 0 Å². The third-order valence-corrected chi connectivity index (χ3v) is 4.94. The lowest BCUT2D eigenvalue weighted by Gasteiger charge is -2.33. The Bertz CT molecular complexity index is 601. The van der Waals surface area contributed by atoms with E-state index in [0.29, 0.717) is 24.7 Å². The molecule has 0 aliphatic carbocycles. The molecule has 1 heterocycles. The molecule has 27 heavy (non-hydrogen) atoms. The average molecular weight is 375 g/mol. The van der Waals surface area contributed by atoms with Crippen LogP contribution in [0.5, 0.6) is 0 Å². The maximum atomic E-state index is 12.3. The quantitative estimate of drug-likeness (QED) is 0.613. The maximum absolute atomic E-state index is 12.3. The van der Waals surface area contributed by atoms with E-state index in [1.165, 1.54) is 25.8 Å². The molecule has 0 unspecified atom stereocenters. The molecule has 0 radical (unpaired) electrons. The summed E-state index contributed by atoms with van der Waals surface area (Å²) in [5.41, 5.74) is 1.61. The number of piperidine rings is 1. The number of amides is 3. The topological polar surface area (TPSA) is 73.5 Å². The van der Waals surface area contributed by atoms with Crippen LogP contribution in [0.25, 0.3) is 0 Å². The predicted octanol–water partition coefficient (Wildman–Crippen LogP) is 2.89. The fraction of sp³-hybridized carbons (Fsp3) is 0.619. The highest BCUT2D eigenvalue weighted by atomic mass is 16.2. The zero-order valence-electron chi connectivity index (χ0n) is 16.9. The summed E-state index contributed by atoms with van der Waals surface area (Å²) in [6, 6.07) is 7.95. The van der Waals surface area contributed by atoms with Gasteiger partial charge >= 0.3 is 6.03 Å². The summed E-state index contributed by atoms with van der Waals surface area (Å²) >= 11 is 0. The van der Waals surface area contributed by atoms with Gasteiger partial charge in [0.25, 0.3) is 5.91 Å². The highest BCUT2D eigenvalue weighted by Crippen LogP contribution is 2.16. The lowest BCUT2D eigenvalue weighted by molar-refractivity contribution is 0.0949. The molecule has 0 saturated carbocycles. The Hall–Kier alpha value is -2.08. The Morgan fingerprint density at radius 2 is 1.89 bits per heavy atom. The lowest BCUT2D eigenvalue weighted by atomic mass is 10.0. The molecule has 3 N–H and O–H groups in total. The summed E-state index contributed by atoms with van der Waals surface area (Å²) in [7, 11) is 0. The van der Waals surface area contributed by atoms with Crippen molar-refractivity contribution < 1.29 is 9.59 Å². The van der Waals surface area contributed by atoms with Gasteiger partial charge in [-0.15, -0.1) is 0 Å². The van der Waals surface area contributed by atoms with Crippen molar-refractivity contribution in [1.29, 1.82) is 0 Å². The van der Waals surface area contributed by atoms with Crippen LogP contribution in [-0.4, -0.2) is 48.6 Å². The largest absolute Gasteiger partial charge is 0.352 e. The Morgan fingerprint density at radius 1 is 1.15 bits per heavy atom. The van der Waals surface area contributed by atoms with Crippen LogP contribution in [0.15, 0.2) is 24.3 Å². The van der Waals surface area contributed by atoms with E-state index < -0.39 is 0 Å². The summed E-state index contributed by atoms with van der Waals surface area (Å²) in [5.74, 6) is -0.0428. The number of hydrogen-bond acceptors (Lipinski definition) is 3. The molecular weight excluding hydrogens is 340 g/mol. The van der Waals surface area contributed by atoms with Gasteiger partial charge in [-0.25, -0.2) is 4.79 Å². The standard InChI is InChI=1S/C21H34N4O2/c1-16(2)24-21(27)23-15-18-8-10-19(11-9-18)20(26)22-12-6-14-25-13-5-4-7-17(25)3/h8-11,16-17H,4-7,12-15H2,1-3H3,(H,22,26)(H2,23,24,27)/t17-/m0/s1. The number of carbonyl (C=O) groups is 2. The molecule has 6 heteroatoms. The number of carbonyl (C=O) groups excluding carboxylic acids is 2. The molecule has 1 aromatic carbocycles. The summed E-state index contributed by atoms with van der Waals surface area (Å²) < 4.78 is 0. The van der Waals surface area contributed by atoms with Crippen LogP contribution < -0.4 is 16.0 Å². The zero-order valence-corrected chi connectivity index (χ0v) is 16.9. The fourth-order valence-electron chi connectivity index (χ4n) is 3.35. The Kier molecular flexibility index (Phi) is 8.58. The number of hydrogen-bond donors (Lipinski definition) is 3. The summed E-state index contributed by atoms with van der Waals surface area (Å²) in [5, 5.41) is 8.58. The van der Waals surface area contributed by atoms with Crippen LogP contribution in [0.1, 0.15) is 62.4 Å². The van der Waals surface area contributed by atoms with Crippen LogP contribution in [0.2, 0.25) is 0 Å². The third kappa shape index (κ3) is 7.59. The molecule has 3 amide bonds. The Morgan fingerprint density at radius 3 is 2.56 bits per heavy atom. The number of benzene rings is 1. The second-order valence-electron chi connectivity index (χ2n) is 7.67. The highest BCUT2D eigenvalue weighted by molar-refractivity contribution is 5.94. The summed E-state index contributed by atoms with van der Waals surface area (Å²) in [4.78, 5) is 26.4. The fourth-order valence-corrected chi connectivity index (χ4v) is 3.35. The number of nitrogens with one attached hydrogen (secondary N) is 3. The normalized spacial score (nSPS) is 17.6. The van der Waals surface area contributed by atoms with Gasteiger partial charge in [-0.1, -0.05) is 18.6 Å². The van der Waals surface area contributed by atoms with Crippen molar-refractivity contribution in [3.8, 4) is 0 Å². The molecule has 1 aliphatic heterocycles. The van der Waals surface area contributed by atoms with Gasteiger partial charge in [-0.3, -0.25) is 4.79 Å². The number of urea groups is 1. The van der Waals surface area contributed by atoms with Crippen molar-refractivity contribution in [2.45, 2.75) is 65.1 Å². The van der Waals surface area contributed by atoms with Gasteiger partial charge in [-0.05, 0) is 64.3 Å². The van der Waals surface area contributed by atoms with E-state index in [9.17, 15) is 9.59 Å². The maximum Gasteiger partial charge on any atom is 0.315 e. The first-order valence-corrected chi connectivity index (χ1v) is 10.1. The molecule has 1 aliphatic rings. The number of nitrogens with zero attached hydrogens (tertiary/aromatic N) is 1. The van der Waals surface area contributed by atoms with Gasteiger partial charge in [0.15, 0.2) is 0 Å². The van der Waals surface area contributed by atoms with E-state index in [2.05, 4.69) is 27.8 Å². The molecule has 6 nitrogen and oxygen atoms in total. The molecule has 1 atom stereocenters. The van der Waals surface area contributed by atoms with E-state index in [1.807, 2.05) is 26.0 Å². The summed E-state index contributed by atoms with van der Waals surface area (Å²) in [6.07, 6.45) is 4.88. The van der Waals surface area contributed by atoms with Crippen LogP contribution in [0.3, 0.4) is 0 Å². The van der Waals surface area contributed by atoms with Crippen LogP contribution in [0, 0.1) is 0 Å². The average Bonchev–Trinajstić information content (AvgIpc) is 2.64. The predicted molar refractivity (Wildman–Crippen MR) is 109 cm³/mol. The minimum Gasteiger partial charge on any atom is -0.352 e. The molecule has 2 rings (SSSR count). The molecular formula is C21H34N4O2. The van der Waals surface area contributed by atoms with Gasteiger partial charge < -0.3 is 20.9 Å². The second kappa shape index (κ2) is 10.9. The smallest absolute Gasteiger partial charge is 0.315 e. The molecule has 150 valence electrons. The lowest BCUT2D eigenvalue weighted by Crippen LogP contribution is -2.39. The first kappa shape index (κ1) is 21.2. The minimum absolute atomic E-state index is 0.0428. The van der Waals surface area contributed by atoms with Crippen molar-refractivity contribution in [3.05, 3.63) is 35.4 Å². The third-order valence-electron chi connectivity index (χ3n) is 4.94. The van der Waals surface area contributed by atoms with E-state index in [-0.39, 0.29) is 18.0 Å². The number of likely N-dealkylation sites (tertiary alicyclic amines) is 1. The first-order valence-electron chi connectivity index (χ1n) is 10.1. The van der Waals surface area contributed by atoms with Gasteiger partial charge in [0.05, 0.1) is 0 Å². The van der Waals surface area contributed by atoms with Gasteiger partial charge in [-0.2, -0.15) is 0 Å². The minimum atomic E-state index is -0.185. The second-order valence-corrected chi connectivity index (χ2v) is 7.67. The zero-order chi connectivity index (χ0) is 19.6. The van der Waals surface area contributed by atoms with Gasteiger partial charge in [0.2, 0.25) is 0 Å². The highest BCUT2D eigenvalue weighted by Gasteiger charge is 2.17. The first-order chi connectivity index (χ1) is 13.0. The van der Waals surface area contributed by atoms with E-state index in [1.54, 1.807) is 12.1 Å². The Labute approximate surface area is 163 Å². The van der Waals surface area contributed by atoms with Gasteiger partial charge in [0.1, 0.15) is 0 Å². The van der Waals surface area contributed by atoms with Crippen LogP contribution in [-0.2, 0) is 6.54 Å². The molecule has 0 aromatic heterocycles. The number of rotatable bonds is 8. The van der Waals surface area contributed by atoms with Crippen molar-refractivity contribution in [2.75, 3.05) is 19.6 Å². The van der Waals surface area contributed by atoms with Gasteiger partial charge in [0, 0.05) is 37.3 Å². The molecule has 1 saturated heterocycles. The van der Waals surface area contributed by atoms with Crippen LogP contribution in [0.4, 0.5) is 4.79 Å². The summed E-state index contributed by atoms with van der Waals surface area (Å²) in [6.45, 7) is 9.49. The van der Waals surface area contributed by atoms with Crippen molar-refractivity contribution in [1.82, 2.24) is 20.9 Å².